The van der Waals surface area contributed by atoms with Gasteiger partial charge in [0, 0.05) is 14.1 Å². The van der Waals surface area contributed by atoms with E-state index in [9.17, 15) is 0 Å². The number of nitrogens with one attached hydrogen (secondary N) is 1. The molecule has 0 aromatic carbocycles. The van der Waals surface area contributed by atoms with Crippen LogP contribution in [0.25, 0.3) is 0 Å². The van der Waals surface area contributed by atoms with Crippen molar-refractivity contribution in [2.45, 2.75) is 0 Å². The highest BCUT2D eigenvalue weighted by molar-refractivity contribution is 5.49. The fraction of sp³-hybridized carbons (Fsp3) is 0.667. The Morgan fingerprint density at radius 2 is 1.57 bits per heavy atom. The highest BCUT2D eigenvalue weighted by Gasteiger charge is 1.64. The van der Waals surface area contributed by atoms with Gasteiger partial charge in [-0.2, -0.15) is 0 Å². The predicted molar refractivity (Wildman–Crippen MR) is 30.8 cm³/mol. The van der Waals surface area contributed by atoms with Crippen LogP contribution in [0.15, 0.2) is 0 Å². The van der Waals surface area contributed by atoms with Gasteiger partial charge in [0.05, 0.1) is 6.34 Å². The first-order valence-corrected chi connectivity index (χ1v) is 1.77. The van der Waals surface area contributed by atoms with Crippen LogP contribution < -0.4 is 11.7 Å². The largest absolute Gasteiger partial charge is 0.369 e. The first kappa shape index (κ1) is 9.63. The molecular formula is C3H12N4. The molecule has 0 atom stereocenters. The quantitative estimate of drug-likeness (QED) is 0.172. The number of hydrogen-bond donors (Lipinski definition) is 3. The molecule has 0 radical (unpaired) electrons. The molecule has 0 aromatic heterocycles. The molecule has 0 saturated carbocycles. The average molecular weight is 104 g/mol. The molecule has 0 unspecified atom stereocenters. The summed E-state index contributed by atoms with van der Waals surface area (Å²) < 4.78 is 0. The summed E-state index contributed by atoms with van der Waals surface area (Å²) in [5.74, 6) is 8.00. The number of hydrogen-bond acceptors (Lipinski definition) is 3. The minimum Gasteiger partial charge on any atom is -0.369 e. The molecule has 0 aliphatic rings. The Bertz CT molecular complexity index is 33.9. The van der Waals surface area contributed by atoms with Crippen LogP contribution in [0.1, 0.15) is 0 Å². The van der Waals surface area contributed by atoms with Gasteiger partial charge in [0.2, 0.25) is 0 Å². The van der Waals surface area contributed by atoms with Gasteiger partial charge >= 0.3 is 0 Å². The van der Waals surface area contributed by atoms with Crippen LogP contribution in [0, 0.1) is 5.41 Å². The average Bonchev–Trinajstić information content (AvgIpc) is 1.73. The van der Waals surface area contributed by atoms with Crippen molar-refractivity contribution in [2.24, 2.45) is 11.7 Å². The third-order valence-corrected chi connectivity index (χ3v) is 0.258. The van der Waals surface area contributed by atoms with Gasteiger partial charge in [0.25, 0.3) is 0 Å². The van der Waals surface area contributed by atoms with Crippen molar-refractivity contribution in [1.82, 2.24) is 4.90 Å². The molecule has 5 N–H and O–H groups in total. The van der Waals surface area contributed by atoms with Crippen LogP contribution in [0.4, 0.5) is 0 Å². The Kier molecular flexibility index (Phi) is 12.4. The SMILES string of the molecule is CN(C)C=N.NN. The van der Waals surface area contributed by atoms with Crippen molar-refractivity contribution in [2.75, 3.05) is 14.1 Å². The van der Waals surface area contributed by atoms with Crippen molar-refractivity contribution >= 4 is 6.34 Å². The fourth-order valence-corrected chi connectivity index (χ4v) is 0. The topological polar surface area (TPSA) is 79.1 Å². The van der Waals surface area contributed by atoms with E-state index in [0.29, 0.717) is 0 Å². The summed E-state index contributed by atoms with van der Waals surface area (Å²) in [4.78, 5) is 1.67. The summed E-state index contributed by atoms with van der Waals surface area (Å²) in [5.41, 5.74) is 0. The molecule has 7 heavy (non-hydrogen) atoms. The van der Waals surface area contributed by atoms with Crippen molar-refractivity contribution in [3.05, 3.63) is 0 Å². The normalized spacial score (nSPS) is 5.71. The predicted octanol–water partition coefficient (Wildman–Crippen LogP) is -1.03. The minimum atomic E-state index is 1.25. The second kappa shape index (κ2) is 9.04. The lowest BCUT2D eigenvalue weighted by molar-refractivity contribution is 0.639. The maximum absolute atomic E-state index is 6.46. The second-order valence-corrected chi connectivity index (χ2v) is 1.09. The lowest BCUT2D eigenvalue weighted by atomic mass is 11.0. The van der Waals surface area contributed by atoms with Gasteiger partial charge in [-0.3, -0.25) is 17.1 Å². The highest BCUT2D eigenvalue weighted by atomic mass is 15.1. The zero-order chi connectivity index (χ0) is 6.28. The van der Waals surface area contributed by atoms with Gasteiger partial charge in [-0.05, 0) is 0 Å². The van der Waals surface area contributed by atoms with Gasteiger partial charge < -0.3 is 4.90 Å². The molecular weight excluding hydrogens is 92.1 g/mol. The first-order valence-electron chi connectivity index (χ1n) is 1.77. The van der Waals surface area contributed by atoms with E-state index in [1.165, 1.54) is 6.34 Å². The van der Waals surface area contributed by atoms with E-state index in [2.05, 4.69) is 11.7 Å². The molecule has 0 amide bonds. The molecule has 0 fully saturated rings. The number of nitrogens with zero attached hydrogens (tertiary/aromatic N) is 1. The monoisotopic (exact) mass is 104 g/mol. The molecule has 0 aromatic rings. The van der Waals surface area contributed by atoms with Crippen molar-refractivity contribution in [3.63, 3.8) is 0 Å². The molecule has 0 saturated heterocycles. The smallest absolute Gasteiger partial charge is 0.0812 e. The molecule has 0 heterocycles. The minimum absolute atomic E-state index is 1.25. The molecule has 0 spiro atoms. The van der Waals surface area contributed by atoms with E-state index in [-0.39, 0.29) is 0 Å². The van der Waals surface area contributed by atoms with Crippen LogP contribution in [0.2, 0.25) is 0 Å². The van der Waals surface area contributed by atoms with Crippen molar-refractivity contribution in [3.8, 4) is 0 Å². The third kappa shape index (κ3) is 32.1. The van der Waals surface area contributed by atoms with Crippen LogP contribution in [0.5, 0.6) is 0 Å². The zero-order valence-corrected chi connectivity index (χ0v) is 4.68. The summed E-state index contributed by atoms with van der Waals surface area (Å²) in [6.07, 6.45) is 1.25. The Labute approximate surface area is 43.6 Å². The standard InChI is InChI=1S/C3H8N2.H4N2/c1-5(2)3-4;1-2/h3-4H,1-2H3;1-2H2. The number of nitrogens with two attached hydrogens (primary N) is 2. The van der Waals surface area contributed by atoms with Crippen LogP contribution >= 0.6 is 0 Å². The third-order valence-electron chi connectivity index (χ3n) is 0.258. The number of rotatable bonds is 1. The van der Waals surface area contributed by atoms with E-state index in [0.717, 1.165) is 0 Å². The Balaban J connectivity index is 0. The Hall–Kier alpha value is -0.610. The van der Waals surface area contributed by atoms with E-state index >= 15 is 0 Å². The van der Waals surface area contributed by atoms with Gasteiger partial charge in [-0.15, -0.1) is 0 Å². The van der Waals surface area contributed by atoms with E-state index in [1.54, 1.807) is 4.90 Å². The van der Waals surface area contributed by atoms with Crippen LogP contribution in [-0.4, -0.2) is 25.3 Å². The molecule has 0 bridgehead atoms. The second-order valence-electron chi connectivity index (χ2n) is 1.09. The summed E-state index contributed by atoms with van der Waals surface area (Å²) in [6, 6.07) is 0. The van der Waals surface area contributed by atoms with Gasteiger partial charge in [0.15, 0.2) is 0 Å². The summed E-state index contributed by atoms with van der Waals surface area (Å²) >= 11 is 0. The van der Waals surface area contributed by atoms with Gasteiger partial charge in [-0.25, -0.2) is 0 Å². The molecule has 4 nitrogen and oxygen atoms in total. The van der Waals surface area contributed by atoms with Crippen molar-refractivity contribution in [1.29, 1.82) is 5.41 Å². The summed E-state index contributed by atoms with van der Waals surface area (Å²) in [6.45, 7) is 0. The number of hydrazine groups is 1. The van der Waals surface area contributed by atoms with E-state index in [4.69, 9.17) is 5.41 Å². The van der Waals surface area contributed by atoms with Crippen molar-refractivity contribution < 1.29 is 0 Å². The Morgan fingerprint density at radius 1 is 1.43 bits per heavy atom. The summed E-state index contributed by atoms with van der Waals surface area (Å²) in [5, 5.41) is 6.46. The molecule has 0 aliphatic carbocycles. The maximum Gasteiger partial charge on any atom is 0.0812 e. The van der Waals surface area contributed by atoms with Gasteiger partial charge in [-0.1, -0.05) is 0 Å². The molecule has 4 heteroatoms. The van der Waals surface area contributed by atoms with E-state index in [1.807, 2.05) is 14.1 Å². The molecule has 44 valence electrons. The lowest BCUT2D eigenvalue weighted by Crippen LogP contribution is -2.05. The zero-order valence-electron chi connectivity index (χ0n) is 4.68. The Morgan fingerprint density at radius 3 is 1.57 bits per heavy atom. The molecule has 0 aliphatic heterocycles. The highest BCUT2D eigenvalue weighted by Crippen LogP contribution is 1.53. The van der Waals surface area contributed by atoms with Crippen LogP contribution in [0.3, 0.4) is 0 Å². The lowest BCUT2D eigenvalue weighted by Gasteiger charge is -1.96. The first-order chi connectivity index (χ1) is 3.27. The van der Waals surface area contributed by atoms with Crippen LogP contribution in [-0.2, 0) is 0 Å². The summed E-state index contributed by atoms with van der Waals surface area (Å²) in [7, 11) is 3.62. The molecule has 0 rings (SSSR count). The van der Waals surface area contributed by atoms with E-state index < -0.39 is 0 Å². The van der Waals surface area contributed by atoms with Gasteiger partial charge in [0.1, 0.15) is 0 Å². The fourth-order valence-electron chi connectivity index (χ4n) is 0. The maximum atomic E-state index is 6.46.